The van der Waals surface area contributed by atoms with Gasteiger partial charge in [0.25, 0.3) is 0 Å². The average Bonchev–Trinajstić information content (AvgIpc) is 2.75. The van der Waals surface area contributed by atoms with Crippen molar-refractivity contribution in [3.05, 3.63) is 71.0 Å². The minimum Gasteiger partial charge on any atom is -0.381 e. The van der Waals surface area contributed by atoms with E-state index >= 15 is 0 Å². The van der Waals surface area contributed by atoms with Crippen LogP contribution in [-0.4, -0.2) is 32.3 Å². The van der Waals surface area contributed by atoms with Crippen molar-refractivity contribution in [3.63, 3.8) is 0 Å². The van der Waals surface area contributed by atoms with Gasteiger partial charge in [0.2, 0.25) is 0 Å². The Balaban J connectivity index is 1.40. The smallest absolute Gasteiger partial charge is 0.191 e. The highest BCUT2D eigenvalue weighted by Gasteiger charge is 2.13. The molecule has 1 aliphatic rings. The quantitative estimate of drug-likeness (QED) is 0.567. The van der Waals surface area contributed by atoms with Crippen molar-refractivity contribution < 1.29 is 13.9 Å². The number of guanidine groups is 1. The zero-order valence-corrected chi connectivity index (χ0v) is 16.3. The molecule has 0 unspecified atom stereocenters. The summed E-state index contributed by atoms with van der Waals surface area (Å²) < 4.78 is 24.3. The van der Waals surface area contributed by atoms with Crippen LogP contribution in [-0.2, 0) is 29.2 Å². The Labute approximate surface area is 166 Å². The van der Waals surface area contributed by atoms with Gasteiger partial charge in [-0.3, -0.25) is 4.99 Å². The molecule has 0 amide bonds. The molecule has 2 aromatic carbocycles. The van der Waals surface area contributed by atoms with Gasteiger partial charge < -0.3 is 20.1 Å². The van der Waals surface area contributed by atoms with E-state index in [0.717, 1.165) is 31.6 Å². The standard InChI is InChI=1S/C22H28FN3O2/c1-24-22(26-15-18-6-8-20(23)9-7-18)25-14-17-2-4-19(5-3-17)16-28-21-10-12-27-13-11-21/h2-9,21H,10-16H2,1H3,(H2,24,25,26). The van der Waals surface area contributed by atoms with Gasteiger partial charge in [-0.05, 0) is 41.7 Å². The Bertz CT molecular complexity index is 741. The molecule has 1 fully saturated rings. The second kappa shape index (κ2) is 10.8. The first-order valence-corrected chi connectivity index (χ1v) is 9.69. The van der Waals surface area contributed by atoms with Crippen molar-refractivity contribution in [3.8, 4) is 0 Å². The molecule has 0 spiro atoms. The summed E-state index contributed by atoms with van der Waals surface area (Å²) in [4.78, 5) is 4.22. The molecule has 2 N–H and O–H groups in total. The molecule has 28 heavy (non-hydrogen) atoms. The van der Waals surface area contributed by atoms with Gasteiger partial charge in [-0.1, -0.05) is 36.4 Å². The summed E-state index contributed by atoms with van der Waals surface area (Å²) in [5, 5.41) is 6.52. The van der Waals surface area contributed by atoms with Crippen LogP contribution in [0.1, 0.15) is 29.5 Å². The van der Waals surface area contributed by atoms with E-state index in [0.29, 0.717) is 31.8 Å². The Hall–Kier alpha value is -2.44. The molecule has 1 saturated heterocycles. The lowest BCUT2D eigenvalue weighted by molar-refractivity contribution is -0.0390. The predicted molar refractivity (Wildman–Crippen MR) is 109 cm³/mol. The van der Waals surface area contributed by atoms with Crippen LogP contribution >= 0.6 is 0 Å². The highest BCUT2D eigenvalue weighted by atomic mass is 19.1. The number of hydrogen-bond donors (Lipinski definition) is 2. The van der Waals surface area contributed by atoms with E-state index in [1.54, 1.807) is 19.2 Å². The van der Waals surface area contributed by atoms with Crippen LogP contribution in [0.3, 0.4) is 0 Å². The second-order valence-corrected chi connectivity index (χ2v) is 6.85. The third kappa shape index (κ3) is 6.62. The van der Waals surface area contributed by atoms with Crippen LogP contribution in [0.2, 0.25) is 0 Å². The highest BCUT2D eigenvalue weighted by molar-refractivity contribution is 5.79. The molecule has 150 valence electrons. The fraction of sp³-hybridized carbons (Fsp3) is 0.409. The van der Waals surface area contributed by atoms with Gasteiger partial charge >= 0.3 is 0 Å². The summed E-state index contributed by atoms with van der Waals surface area (Å²) in [5.74, 6) is 0.476. The third-order valence-corrected chi connectivity index (χ3v) is 4.73. The van der Waals surface area contributed by atoms with E-state index in [1.165, 1.54) is 23.3 Å². The maximum absolute atomic E-state index is 13.0. The van der Waals surface area contributed by atoms with Crippen LogP contribution in [0.15, 0.2) is 53.5 Å². The van der Waals surface area contributed by atoms with Crippen LogP contribution in [0.4, 0.5) is 4.39 Å². The van der Waals surface area contributed by atoms with Gasteiger partial charge in [-0.2, -0.15) is 0 Å². The number of benzene rings is 2. The molecule has 0 aliphatic carbocycles. The Kier molecular flexibility index (Phi) is 7.82. The lowest BCUT2D eigenvalue weighted by atomic mass is 10.1. The largest absolute Gasteiger partial charge is 0.381 e. The molecule has 0 bridgehead atoms. The minimum atomic E-state index is -0.229. The number of halogens is 1. The lowest BCUT2D eigenvalue weighted by Crippen LogP contribution is -2.36. The molecule has 0 radical (unpaired) electrons. The van der Waals surface area contributed by atoms with Crippen molar-refractivity contribution in [2.45, 2.75) is 38.6 Å². The zero-order valence-electron chi connectivity index (χ0n) is 16.3. The first-order chi connectivity index (χ1) is 13.7. The summed E-state index contributed by atoms with van der Waals surface area (Å²) >= 11 is 0. The summed E-state index contributed by atoms with van der Waals surface area (Å²) in [5.41, 5.74) is 3.34. The van der Waals surface area contributed by atoms with Crippen LogP contribution < -0.4 is 10.6 Å². The van der Waals surface area contributed by atoms with E-state index in [1.807, 2.05) is 0 Å². The molecule has 5 nitrogen and oxygen atoms in total. The Morgan fingerprint density at radius 3 is 2.07 bits per heavy atom. The molecule has 1 heterocycles. The number of nitrogens with zero attached hydrogens (tertiary/aromatic N) is 1. The average molecular weight is 385 g/mol. The van der Waals surface area contributed by atoms with Crippen molar-refractivity contribution in [2.24, 2.45) is 4.99 Å². The topological polar surface area (TPSA) is 54.9 Å². The zero-order chi connectivity index (χ0) is 19.6. The van der Waals surface area contributed by atoms with Crippen molar-refractivity contribution >= 4 is 5.96 Å². The first-order valence-electron chi connectivity index (χ1n) is 9.69. The normalized spacial score (nSPS) is 15.4. The van der Waals surface area contributed by atoms with Crippen molar-refractivity contribution in [1.82, 2.24) is 10.6 Å². The van der Waals surface area contributed by atoms with Crippen LogP contribution in [0, 0.1) is 5.82 Å². The number of nitrogens with one attached hydrogen (secondary N) is 2. The van der Waals surface area contributed by atoms with E-state index in [2.05, 4.69) is 39.9 Å². The van der Waals surface area contributed by atoms with Crippen LogP contribution in [0.25, 0.3) is 0 Å². The third-order valence-electron chi connectivity index (χ3n) is 4.73. The van der Waals surface area contributed by atoms with Gasteiger partial charge in [0, 0.05) is 33.4 Å². The van der Waals surface area contributed by atoms with E-state index in [9.17, 15) is 4.39 Å². The molecular formula is C22H28FN3O2. The van der Waals surface area contributed by atoms with Crippen molar-refractivity contribution in [1.29, 1.82) is 0 Å². The molecular weight excluding hydrogens is 357 g/mol. The van der Waals surface area contributed by atoms with Crippen molar-refractivity contribution in [2.75, 3.05) is 20.3 Å². The Morgan fingerprint density at radius 1 is 0.964 bits per heavy atom. The number of hydrogen-bond acceptors (Lipinski definition) is 3. The monoisotopic (exact) mass is 385 g/mol. The second-order valence-electron chi connectivity index (χ2n) is 6.85. The highest BCUT2D eigenvalue weighted by Crippen LogP contribution is 2.14. The summed E-state index contributed by atoms with van der Waals surface area (Å²) in [6, 6.07) is 14.8. The fourth-order valence-electron chi connectivity index (χ4n) is 3.00. The van der Waals surface area contributed by atoms with Gasteiger partial charge in [0.1, 0.15) is 5.82 Å². The summed E-state index contributed by atoms with van der Waals surface area (Å²) in [6.45, 7) is 3.49. The molecule has 1 aliphatic heterocycles. The first kappa shape index (κ1) is 20.3. The summed E-state index contributed by atoms with van der Waals surface area (Å²) in [7, 11) is 1.73. The molecule has 2 aromatic rings. The molecule has 0 atom stereocenters. The molecule has 6 heteroatoms. The van der Waals surface area contributed by atoms with Gasteiger partial charge in [0.15, 0.2) is 5.96 Å². The van der Waals surface area contributed by atoms with Crippen LogP contribution in [0.5, 0.6) is 0 Å². The Morgan fingerprint density at radius 2 is 1.50 bits per heavy atom. The molecule has 0 saturated carbocycles. The summed E-state index contributed by atoms with van der Waals surface area (Å²) in [6.07, 6.45) is 2.27. The lowest BCUT2D eigenvalue weighted by Gasteiger charge is -2.22. The maximum Gasteiger partial charge on any atom is 0.191 e. The number of ether oxygens (including phenoxy) is 2. The molecule has 0 aromatic heterocycles. The fourth-order valence-corrected chi connectivity index (χ4v) is 3.00. The maximum atomic E-state index is 13.0. The van der Waals surface area contributed by atoms with Gasteiger partial charge in [-0.25, -0.2) is 4.39 Å². The minimum absolute atomic E-state index is 0.229. The predicted octanol–water partition coefficient (Wildman–Crippen LogP) is 3.39. The van der Waals surface area contributed by atoms with E-state index in [4.69, 9.17) is 9.47 Å². The molecule has 3 rings (SSSR count). The van der Waals surface area contributed by atoms with Gasteiger partial charge in [0.05, 0.1) is 12.7 Å². The van der Waals surface area contributed by atoms with E-state index in [-0.39, 0.29) is 5.82 Å². The number of rotatable bonds is 7. The number of aliphatic imine (C=N–C) groups is 1. The van der Waals surface area contributed by atoms with E-state index < -0.39 is 0 Å². The van der Waals surface area contributed by atoms with Gasteiger partial charge in [-0.15, -0.1) is 0 Å². The SMILES string of the molecule is CN=C(NCc1ccc(F)cc1)NCc1ccc(COC2CCOCC2)cc1.